The van der Waals surface area contributed by atoms with Gasteiger partial charge in [-0.05, 0) is 36.6 Å². The summed E-state index contributed by atoms with van der Waals surface area (Å²) in [5.41, 5.74) is 1.47. The van der Waals surface area contributed by atoms with Gasteiger partial charge in [0, 0.05) is 24.6 Å². The summed E-state index contributed by atoms with van der Waals surface area (Å²) in [6, 6.07) is 5.30. The largest absolute Gasteiger partial charge is 0.463 e. The lowest BCUT2D eigenvalue weighted by molar-refractivity contribution is -0.799. The van der Waals surface area contributed by atoms with Crippen LogP contribution in [-0.4, -0.2) is 89.1 Å². The normalized spacial score (nSPS) is 14.3. The van der Waals surface area contributed by atoms with Gasteiger partial charge in [0.25, 0.3) is 10.2 Å². The van der Waals surface area contributed by atoms with Crippen LogP contribution in [-0.2, 0) is 29.2 Å². The van der Waals surface area contributed by atoms with Crippen molar-refractivity contribution >= 4 is 28.0 Å². The Bertz CT molecular complexity index is 1520. The van der Waals surface area contributed by atoms with Crippen LogP contribution in [0.3, 0.4) is 0 Å². The number of esters is 1. The fraction of sp³-hybridized carbons (Fsp3) is 0.536. The van der Waals surface area contributed by atoms with E-state index >= 15 is 0 Å². The summed E-state index contributed by atoms with van der Waals surface area (Å²) >= 11 is 0. The van der Waals surface area contributed by atoms with Crippen LogP contribution < -0.4 is 4.31 Å². The molecule has 1 aromatic heterocycles. The summed E-state index contributed by atoms with van der Waals surface area (Å²) < 4.78 is 44.0. The Morgan fingerprint density at radius 1 is 1.09 bits per heavy atom. The Morgan fingerprint density at radius 3 is 2.21 bits per heavy atom. The van der Waals surface area contributed by atoms with Crippen LogP contribution in [0.5, 0.6) is 0 Å². The number of rotatable bonds is 19. The van der Waals surface area contributed by atoms with Crippen LogP contribution in [0.1, 0.15) is 63.6 Å². The fourth-order valence-corrected chi connectivity index (χ4v) is 4.67. The lowest BCUT2D eigenvalue weighted by Gasteiger charge is -2.23. The van der Waals surface area contributed by atoms with Crippen molar-refractivity contribution in [1.82, 2.24) is 9.97 Å². The minimum absolute atomic E-state index is 0.0121. The van der Waals surface area contributed by atoms with Gasteiger partial charge in [0.1, 0.15) is 18.5 Å². The number of aliphatic hydroxyl groups is 2. The summed E-state index contributed by atoms with van der Waals surface area (Å²) in [6.45, 7) is 4.48. The average Bonchev–Trinajstić information content (AvgIpc) is 2.96. The number of benzene rings is 1. The molecule has 1 heterocycles. The molecule has 0 bridgehead atoms. The highest BCUT2D eigenvalue weighted by Crippen LogP contribution is 2.32. The van der Waals surface area contributed by atoms with E-state index in [4.69, 9.17) is 4.74 Å². The molecule has 1 aromatic carbocycles. The van der Waals surface area contributed by atoms with Crippen LogP contribution in [0.25, 0.3) is 17.3 Å². The summed E-state index contributed by atoms with van der Waals surface area (Å²) in [5.74, 6) is -1.93. The van der Waals surface area contributed by atoms with Gasteiger partial charge in [-0.2, -0.15) is 0 Å². The lowest BCUT2D eigenvalue weighted by Crippen LogP contribution is -2.39. The second kappa shape index (κ2) is 17.4. The minimum Gasteiger partial charge on any atom is -0.463 e. The number of hydrogen-bond donors (Lipinski definition) is 2. The third kappa shape index (κ3) is 12.3. The van der Waals surface area contributed by atoms with Crippen molar-refractivity contribution < 1.29 is 52.4 Å². The Kier molecular flexibility index (Phi) is 14.4. The maximum Gasteiger partial charge on any atom is 0.308 e. The van der Waals surface area contributed by atoms with E-state index in [1.807, 2.05) is 0 Å². The lowest BCUT2D eigenvalue weighted by atomic mass is 9.97. The molecule has 19 heteroatoms. The SMILES string of the molecule is CCCC(O[N+](=O)[O-])C(COC(=O)CC(O)CC(O)/C=C/c1c(-c2ccc(F)cc2)nc(N(C)S(C)(=O)=O)nc1C(C)C)O[N+](=O)[O-]. The molecule has 2 aromatic rings. The first-order chi connectivity index (χ1) is 21.9. The molecular formula is C28H38FN5O12S. The number of ether oxygens (including phenoxy) is 1. The van der Waals surface area contributed by atoms with Crippen molar-refractivity contribution in [3.8, 4) is 11.3 Å². The van der Waals surface area contributed by atoms with Crippen LogP contribution >= 0.6 is 0 Å². The Balaban J connectivity index is 2.24. The zero-order valence-corrected chi connectivity index (χ0v) is 27.2. The number of hydrogen-bond acceptors (Lipinski definition) is 14. The number of carbonyl (C=O) groups is 1. The fourth-order valence-electron chi connectivity index (χ4n) is 4.29. The summed E-state index contributed by atoms with van der Waals surface area (Å²) in [4.78, 5) is 51.7. The van der Waals surface area contributed by atoms with Gasteiger partial charge in [0.15, 0.2) is 6.10 Å². The van der Waals surface area contributed by atoms with Crippen molar-refractivity contribution in [1.29, 1.82) is 0 Å². The third-order valence-corrected chi connectivity index (χ3v) is 7.81. The number of nitrogens with zero attached hydrogens (tertiary/aromatic N) is 5. The van der Waals surface area contributed by atoms with E-state index in [2.05, 4.69) is 19.6 Å². The van der Waals surface area contributed by atoms with E-state index in [1.165, 1.54) is 43.5 Å². The third-order valence-electron chi connectivity index (χ3n) is 6.65. The van der Waals surface area contributed by atoms with Gasteiger partial charge >= 0.3 is 5.97 Å². The number of anilines is 1. The van der Waals surface area contributed by atoms with Gasteiger partial charge in [0.05, 0.1) is 36.3 Å². The Hall–Kier alpha value is -4.49. The molecule has 4 atom stereocenters. The van der Waals surface area contributed by atoms with Crippen molar-refractivity contribution in [2.24, 2.45) is 0 Å². The van der Waals surface area contributed by atoms with Gasteiger partial charge in [-0.3, -0.25) is 4.79 Å². The summed E-state index contributed by atoms with van der Waals surface area (Å²) in [6.07, 6.45) is -2.69. The first kappa shape index (κ1) is 38.7. The quantitative estimate of drug-likeness (QED) is 0.123. The zero-order chi connectivity index (χ0) is 35.5. The molecule has 0 saturated heterocycles. The molecule has 0 aliphatic heterocycles. The molecule has 0 fully saturated rings. The average molecular weight is 688 g/mol. The summed E-state index contributed by atoms with van der Waals surface area (Å²) in [7, 11) is -2.45. The molecule has 0 radical (unpaired) electrons. The number of sulfonamides is 1. The van der Waals surface area contributed by atoms with Crippen LogP contribution in [0.4, 0.5) is 10.3 Å². The molecule has 0 saturated carbocycles. The van der Waals surface area contributed by atoms with E-state index in [0.29, 0.717) is 23.2 Å². The molecule has 2 N–H and O–H groups in total. The van der Waals surface area contributed by atoms with Crippen LogP contribution in [0.2, 0.25) is 0 Å². The highest BCUT2D eigenvalue weighted by atomic mass is 32.2. The molecule has 260 valence electrons. The van der Waals surface area contributed by atoms with Gasteiger partial charge in [0.2, 0.25) is 16.0 Å². The Labute approximate surface area is 270 Å². The van der Waals surface area contributed by atoms with Crippen LogP contribution in [0, 0.1) is 26.0 Å². The second-order valence-electron chi connectivity index (χ2n) is 10.8. The summed E-state index contributed by atoms with van der Waals surface area (Å²) in [5, 5.41) is 40.4. The molecule has 17 nitrogen and oxygen atoms in total. The van der Waals surface area contributed by atoms with Crippen molar-refractivity contribution in [3.63, 3.8) is 0 Å². The molecule has 0 spiro atoms. The molecule has 0 amide bonds. The highest BCUT2D eigenvalue weighted by molar-refractivity contribution is 7.92. The minimum atomic E-state index is -3.74. The number of aliphatic hydroxyl groups excluding tert-OH is 2. The van der Waals surface area contributed by atoms with E-state index in [0.717, 1.165) is 10.6 Å². The topological polar surface area (TPSA) is 235 Å². The monoisotopic (exact) mass is 687 g/mol. The number of carbonyl (C=O) groups excluding carboxylic acids is 1. The molecule has 4 unspecified atom stereocenters. The van der Waals surface area contributed by atoms with Crippen LogP contribution in [0.15, 0.2) is 30.3 Å². The van der Waals surface area contributed by atoms with Gasteiger partial charge in [-0.1, -0.05) is 39.3 Å². The van der Waals surface area contributed by atoms with Gasteiger partial charge in [-0.15, -0.1) is 20.2 Å². The molecule has 0 aliphatic rings. The van der Waals surface area contributed by atoms with Crippen molar-refractivity contribution in [2.75, 3.05) is 24.2 Å². The predicted molar refractivity (Wildman–Crippen MR) is 165 cm³/mol. The van der Waals surface area contributed by atoms with E-state index in [9.17, 15) is 48.0 Å². The van der Waals surface area contributed by atoms with Gasteiger partial charge in [-0.25, -0.2) is 27.1 Å². The van der Waals surface area contributed by atoms with E-state index in [-0.39, 0.29) is 30.4 Å². The van der Waals surface area contributed by atoms with Crippen molar-refractivity contribution in [2.45, 2.75) is 76.8 Å². The van der Waals surface area contributed by atoms with Gasteiger partial charge < -0.3 is 24.6 Å². The molecular weight excluding hydrogens is 649 g/mol. The number of halogens is 1. The smallest absolute Gasteiger partial charge is 0.308 e. The maximum atomic E-state index is 13.7. The first-order valence-electron chi connectivity index (χ1n) is 14.4. The maximum absolute atomic E-state index is 13.7. The Morgan fingerprint density at radius 2 is 1.68 bits per heavy atom. The van der Waals surface area contributed by atoms with Crippen molar-refractivity contribution in [3.05, 3.63) is 67.6 Å². The predicted octanol–water partition coefficient (Wildman–Crippen LogP) is 2.81. The zero-order valence-electron chi connectivity index (χ0n) is 26.4. The molecule has 0 aliphatic carbocycles. The molecule has 47 heavy (non-hydrogen) atoms. The van der Waals surface area contributed by atoms with E-state index in [1.54, 1.807) is 20.8 Å². The van der Waals surface area contributed by atoms with E-state index < -0.39 is 69.4 Å². The molecule has 2 rings (SSSR count). The standard InChI is InChI=1S/C28H38FN5O12S/c1-6-7-23(45-33(38)39)24(46-34(40)41)16-44-25(37)15-21(36)14-20(35)12-13-22-26(17(2)3)30-28(32(4)47(5,42)43)31-27(22)18-8-10-19(29)11-9-18/h8-13,17,20-21,23-24,35-36H,6-7,14-16H2,1-5H3/b13-12+. The second-order valence-corrected chi connectivity index (χ2v) is 12.8. The number of aromatic nitrogens is 2. The highest BCUT2D eigenvalue weighted by Gasteiger charge is 2.30. The first-order valence-corrected chi connectivity index (χ1v) is 16.2.